The molecule has 0 aliphatic carbocycles. The molecule has 0 atom stereocenters. The number of carbonyl (C=O) groups is 1. The second kappa shape index (κ2) is 10.2. The number of hydrogen-bond donors (Lipinski definition) is 3. The molecule has 2 aromatic carbocycles. The number of hydrazone groups is 1. The van der Waals surface area contributed by atoms with Gasteiger partial charge in [0.2, 0.25) is 5.91 Å². The summed E-state index contributed by atoms with van der Waals surface area (Å²) in [6, 6.07) is 13.4. The zero-order valence-corrected chi connectivity index (χ0v) is 17.2. The predicted molar refractivity (Wildman–Crippen MR) is 116 cm³/mol. The van der Waals surface area contributed by atoms with Gasteiger partial charge in [-0.1, -0.05) is 41.9 Å². The zero-order chi connectivity index (χ0) is 20.6. The number of aromatic hydroxyl groups is 1. The lowest BCUT2D eigenvalue weighted by atomic mass is 9.96. The zero-order valence-electron chi connectivity index (χ0n) is 16.4. The number of amides is 1. The Morgan fingerprint density at radius 3 is 2.66 bits per heavy atom. The predicted octanol–water partition coefficient (Wildman–Crippen LogP) is 2.72. The first-order chi connectivity index (χ1) is 14.1. The highest BCUT2D eigenvalue weighted by molar-refractivity contribution is 6.30. The lowest BCUT2D eigenvalue weighted by molar-refractivity contribution is -0.919. The van der Waals surface area contributed by atoms with Crippen molar-refractivity contribution in [3.63, 3.8) is 0 Å². The molecule has 1 fully saturated rings. The molecule has 5 nitrogen and oxygen atoms in total. The fourth-order valence-electron chi connectivity index (χ4n) is 3.65. The molecule has 1 amide bonds. The number of quaternary nitrogens is 1. The van der Waals surface area contributed by atoms with Gasteiger partial charge in [-0.25, -0.2) is 5.43 Å². The van der Waals surface area contributed by atoms with Crippen LogP contribution >= 0.6 is 11.6 Å². The maximum atomic E-state index is 12.4. The summed E-state index contributed by atoms with van der Waals surface area (Å²) < 4.78 is 0. The third-order valence-electron chi connectivity index (χ3n) is 5.32. The highest BCUT2D eigenvalue weighted by Gasteiger charge is 2.27. The summed E-state index contributed by atoms with van der Waals surface area (Å²) in [6.45, 7) is 6.54. The molecule has 1 aliphatic rings. The number of benzene rings is 2. The Hall–Kier alpha value is -2.63. The van der Waals surface area contributed by atoms with Gasteiger partial charge < -0.3 is 10.0 Å². The van der Waals surface area contributed by atoms with Crippen molar-refractivity contribution >= 4 is 23.7 Å². The van der Waals surface area contributed by atoms with Crippen LogP contribution in [0, 0.1) is 5.92 Å². The van der Waals surface area contributed by atoms with E-state index in [1.165, 1.54) is 16.7 Å². The van der Waals surface area contributed by atoms with Crippen molar-refractivity contribution in [1.29, 1.82) is 0 Å². The molecule has 1 aliphatic heterocycles. The van der Waals surface area contributed by atoms with E-state index in [-0.39, 0.29) is 17.6 Å². The molecular weight excluding hydrogens is 386 g/mol. The number of phenolic OH excluding ortho intramolecular Hbond substituents is 1. The van der Waals surface area contributed by atoms with Gasteiger partial charge in [-0.15, -0.1) is 6.58 Å². The summed E-state index contributed by atoms with van der Waals surface area (Å²) in [5.41, 5.74) is 5.24. The van der Waals surface area contributed by atoms with E-state index in [1.807, 2.05) is 24.3 Å². The van der Waals surface area contributed by atoms with E-state index in [0.717, 1.165) is 43.1 Å². The smallest absolute Gasteiger partial charge is 0.243 e. The van der Waals surface area contributed by atoms with E-state index >= 15 is 0 Å². The van der Waals surface area contributed by atoms with Crippen molar-refractivity contribution < 1.29 is 14.8 Å². The Morgan fingerprint density at radius 1 is 1.24 bits per heavy atom. The molecule has 0 spiro atoms. The highest BCUT2D eigenvalue weighted by atomic mass is 35.5. The van der Waals surface area contributed by atoms with E-state index in [4.69, 9.17) is 11.6 Å². The SMILES string of the molecule is C=CCc1cccc(/C=N/NC(=O)C2CC[NH+](Cc3ccc(Cl)cc3)CC2)c1O. The van der Waals surface area contributed by atoms with Crippen molar-refractivity contribution in [2.45, 2.75) is 25.8 Å². The van der Waals surface area contributed by atoms with Crippen LogP contribution in [0.25, 0.3) is 0 Å². The first kappa shape index (κ1) is 21.1. The van der Waals surface area contributed by atoms with Crippen LogP contribution in [0.5, 0.6) is 5.75 Å². The number of carbonyl (C=O) groups excluding carboxylic acids is 1. The van der Waals surface area contributed by atoms with Gasteiger partial charge in [-0.3, -0.25) is 4.79 Å². The van der Waals surface area contributed by atoms with Crippen LogP contribution in [0.1, 0.15) is 29.5 Å². The Kier molecular flexibility index (Phi) is 7.44. The van der Waals surface area contributed by atoms with Crippen molar-refractivity contribution in [3.05, 3.63) is 76.8 Å². The Morgan fingerprint density at radius 2 is 1.97 bits per heavy atom. The highest BCUT2D eigenvalue weighted by Crippen LogP contribution is 2.21. The first-order valence-corrected chi connectivity index (χ1v) is 10.3. The molecule has 1 saturated heterocycles. The number of rotatable bonds is 7. The van der Waals surface area contributed by atoms with Crippen LogP contribution < -0.4 is 10.3 Å². The number of para-hydroxylation sites is 1. The number of nitrogens with zero attached hydrogens (tertiary/aromatic N) is 1. The molecule has 152 valence electrons. The molecule has 6 heteroatoms. The normalized spacial score (nSPS) is 19.2. The molecule has 29 heavy (non-hydrogen) atoms. The summed E-state index contributed by atoms with van der Waals surface area (Å²) >= 11 is 5.94. The maximum absolute atomic E-state index is 12.4. The largest absolute Gasteiger partial charge is 0.507 e. The van der Waals surface area contributed by atoms with Crippen LogP contribution in [0.15, 0.2) is 60.2 Å². The van der Waals surface area contributed by atoms with E-state index in [1.54, 1.807) is 12.1 Å². The van der Waals surface area contributed by atoms with Gasteiger partial charge in [-0.2, -0.15) is 5.10 Å². The first-order valence-electron chi connectivity index (χ1n) is 9.89. The van der Waals surface area contributed by atoms with Gasteiger partial charge in [0.05, 0.1) is 25.2 Å². The summed E-state index contributed by atoms with van der Waals surface area (Å²) in [7, 11) is 0. The molecule has 0 bridgehead atoms. The molecule has 3 N–H and O–H groups in total. The van der Waals surface area contributed by atoms with Crippen LogP contribution in [-0.2, 0) is 17.8 Å². The van der Waals surface area contributed by atoms with Crippen LogP contribution in [0.3, 0.4) is 0 Å². The summed E-state index contributed by atoms with van der Waals surface area (Å²) in [4.78, 5) is 13.9. The maximum Gasteiger partial charge on any atom is 0.243 e. The van der Waals surface area contributed by atoms with Gasteiger partial charge in [-0.05, 0) is 30.2 Å². The second-order valence-corrected chi connectivity index (χ2v) is 7.85. The number of halogens is 1. The van der Waals surface area contributed by atoms with Gasteiger partial charge in [0.25, 0.3) is 0 Å². The van der Waals surface area contributed by atoms with E-state index < -0.39 is 0 Å². The van der Waals surface area contributed by atoms with Crippen LogP contribution in [0.4, 0.5) is 0 Å². The number of piperidine rings is 1. The third kappa shape index (κ3) is 5.92. The quantitative estimate of drug-likeness (QED) is 0.372. The van der Waals surface area contributed by atoms with Gasteiger partial charge >= 0.3 is 0 Å². The van der Waals surface area contributed by atoms with Crippen LogP contribution in [-0.4, -0.2) is 30.3 Å². The topological polar surface area (TPSA) is 66.1 Å². The molecule has 3 rings (SSSR count). The number of likely N-dealkylation sites (tertiary alicyclic amines) is 1. The number of phenols is 1. The molecule has 0 saturated carbocycles. The monoisotopic (exact) mass is 412 g/mol. The average molecular weight is 413 g/mol. The molecule has 0 radical (unpaired) electrons. The summed E-state index contributed by atoms with van der Waals surface area (Å²) in [6.07, 6.45) is 5.48. The fourth-order valence-corrected chi connectivity index (χ4v) is 3.77. The standard InChI is InChI=1S/C23H26ClN3O2/c1-2-4-18-5-3-6-20(22(18)28)15-25-26-23(29)19-11-13-27(14-12-19)16-17-7-9-21(24)10-8-17/h2-3,5-10,15,19,28H,1,4,11-14,16H2,(H,26,29)/p+1/b25-15+. The molecule has 1 heterocycles. The van der Waals surface area contributed by atoms with Gasteiger partial charge in [0, 0.05) is 29.0 Å². The van der Waals surface area contributed by atoms with Crippen molar-refractivity contribution in [1.82, 2.24) is 5.43 Å². The molecule has 0 aromatic heterocycles. The second-order valence-electron chi connectivity index (χ2n) is 7.41. The Labute approximate surface area is 176 Å². The lowest BCUT2D eigenvalue weighted by Crippen LogP contribution is -3.11. The number of hydrogen-bond acceptors (Lipinski definition) is 3. The minimum atomic E-state index is -0.0615. The third-order valence-corrected chi connectivity index (χ3v) is 5.58. The van der Waals surface area contributed by atoms with E-state index in [9.17, 15) is 9.90 Å². The molecular formula is C23H27ClN3O2+. The van der Waals surface area contributed by atoms with Crippen molar-refractivity contribution in [2.75, 3.05) is 13.1 Å². The Balaban J connectivity index is 1.47. The molecule has 2 aromatic rings. The van der Waals surface area contributed by atoms with Crippen molar-refractivity contribution in [3.8, 4) is 5.75 Å². The lowest BCUT2D eigenvalue weighted by Gasteiger charge is -2.28. The molecule has 0 unspecified atom stereocenters. The van der Waals surface area contributed by atoms with Gasteiger partial charge in [0.15, 0.2) is 0 Å². The minimum absolute atomic E-state index is 0.0261. The van der Waals surface area contributed by atoms with Gasteiger partial charge in [0.1, 0.15) is 12.3 Å². The van der Waals surface area contributed by atoms with Crippen molar-refractivity contribution in [2.24, 2.45) is 11.0 Å². The number of nitrogens with one attached hydrogen (secondary N) is 2. The summed E-state index contributed by atoms with van der Waals surface area (Å²) in [5, 5.41) is 15.0. The van der Waals surface area contributed by atoms with Crippen LogP contribution in [0.2, 0.25) is 5.02 Å². The number of allylic oxidation sites excluding steroid dienone is 1. The minimum Gasteiger partial charge on any atom is -0.507 e. The Bertz CT molecular complexity index is 872. The van der Waals surface area contributed by atoms with E-state index in [2.05, 4.69) is 29.2 Å². The summed E-state index contributed by atoms with van der Waals surface area (Å²) in [5.74, 6) is 0.0832. The fraction of sp³-hybridized carbons (Fsp3) is 0.304. The van der Waals surface area contributed by atoms with E-state index in [0.29, 0.717) is 12.0 Å². The average Bonchev–Trinajstić information content (AvgIpc) is 2.73.